The predicted molar refractivity (Wildman–Crippen MR) is 79.3 cm³/mol. The molecule has 0 aliphatic heterocycles. The number of amidine groups is 1. The molecule has 0 bridgehead atoms. The molecule has 0 saturated heterocycles. The van der Waals surface area contributed by atoms with Crippen LogP contribution in [-0.4, -0.2) is 62.4 Å². The van der Waals surface area contributed by atoms with E-state index >= 15 is 0 Å². The molecule has 0 aromatic rings. The van der Waals surface area contributed by atoms with Crippen LogP contribution in [0.3, 0.4) is 0 Å². The highest BCUT2D eigenvalue weighted by Gasteiger charge is 2.45. The topological polar surface area (TPSA) is 97.4 Å². The van der Waals surface area contributed by atoms with Crippen molar-refractivity contribution < 1.29 is 19.5 Å². The number of amides is 1. The Bertz CT molecular complexity index is 346. The molecule has 1 amide bonds. The zero-order valence-corrected chi connectivity index (χ0v) is 13.0. The zero-order chi connectivity index (χ0) is 15.7. The monoisotopic (exact) mass is 301 g/mol. The highest BCUT2D eigenvalue weighted by atomic mass is 16.5. The molecule has 0 radical (unpaired) electrons. The first-order valence-corrected chi connectivity index (χ1v) is 7.37. The summed E-state index contributed by atoms with van der Waals surface area (Å²) in [4.78, 5) is 14.7. The molecule has 122 valence electrons. The van der Waals surface area contributed by atoms with Crippen molar-refractivity contribution in [1.82, 2.24) is 4.90 Å². The fourth-order valence-corrected chi connectivity index (χ4v) is 2.85. The first kappa shape index (κ1) is 17.7. The maximum absolute atomic E-state index is 13.0. The first-order chi connectivity index (χ1) is 10.1. The Labute approximate surface area is 126 Å². The van der Waals surface area contributed by atoms with Gasteiger partial charge < -0.3 is 25.3 Å². The van der Waals surface area contributed by atoms with E-state index in [1.165, 1.54) is 0 Å². The van der Waals surface area contributed by atoms with Gasteiger partial charge in [0.1, 0.15) is 5.41 Å². The molecular formula is C14H27N3O4. The molecule has 0 aromatic carbocycles. The summed E-state index contributed by atoms with van der Waals surface area (Å²) >= 11 is 0. The van der Waals surface area contributed by atoms with Crippen LogP contribution >= 0.6 is 0 Å². The standard InChI is InChI=1S/C14H27N3O4/c1-20-10-8-17(9-11-21-2)13(18)14(12(15)16-19)6-4-3-5-7-14/h19H,3-11H2,1-2H3,(H2,15,16). The summed E-state index contributed by atoms with van der Waals surface area (Å²) in [6, 6.07) is 0. The number of hydrogen-bond acceptors (Lipinski definition) is 5. The van der Waals surface area contributed by atoms with E-state index in [0.717, 1.165) is 19.3 Å². The fourth-order valence-electron chi connectivity index (χ4n) is 2.85. The average Bonchev–Trinajstić information content (AvgIpc) is 2.54. The summed E-state index contributed by atoms with van der Waals surface area (Å²) in [5, 5.41) is 12.2. The molecule has 1 aliphatic rings. The lowest BCUT2D eigenvalue weighted by Crippen LogP contribution is -2.53. The van der Waals surface area contributed by atoms with Crippen molar-refractivity contribution in [3.8, 4) is 0 Å². The summed E-state index contributed by atoms with van der Waals surface area (Å²) in [6.45, 7) is 1.84. The number of nitrogens with two attached hydrogens (primary N) is 1. The largest absolute Gasteiger partial charge is 0.409 e. The second-order valence-corrected chi connectivity index (χ2v) is 5.41. The third-order valence-corrected chi connectivity index (χ3v) is 4.13. The van der Waals surface area contributed by atoms with Crippen molar-refractivity contribution in [3.05, 3.63) is 0 Å². The van der Waals surface area contributed by atoms with Gasteiger partial charge in [0, 0.05) is 27.3 Å². The normalized spacial score (nSPS) is 18.5. The minimum Gasteiger partial charge on any atom is -0.409 e. The number of hydrogen-bond donors (Lipinski definition) is 2. The van der Waals surface area contributed by atoms with Crippen LogP contribution < -0.4 is 5.73 Å². The molecule has 0 atom stereocenters. The van der Waals surface area contributed by atoms with Crippen molar-refractivity contribution in [2.24, 2.45) is 16.3 Å². The highest BCUT2D eigenvalue weighted by Crippen LogP contribution is 2.38. The van der Waals surface area contributed by atoms with Crippen LogP contribution in [0.15, 0.2) is 5.16 Å². The van der Waals surface area contributed by atoms with Gasteiger partial charge in [0.2, 0.25) is 5.91 Å². The van der Waals surface area contributed by atoms with E-state index in [-0.39, 0.29) is 11.7 Å². The van der Waals surface area contributed by atoms with Gasteiger partial charge in [0.05, 0.1) is 13.2 Å². The quantitative estimate of drug-likeness (QED) is 0.299. The Morgan fingerprint density at radius 1 is 1.19 bits per heavy atom. The van der Waals surface area contributed by atoms with E-state index in [0.29, 0.717) is 39.1 Å². The Hall–Kier alpha value is -1.34. The Balaban J connectivity index is 2.93. The Morgan fingerprint density at radius 2 is 1.71 bits per heavy atom. The third kappa shape index (κ3) is 4.31. The summed E-state index contributed by atoms with van der Waals surface area (Å²) < 4.78 is 10.1. The smallest absolute Gasteiger partial charge is 0.236 e. The van der Waals surface area contributed by atoms with Gasteiger partial charge in [0.15, 0.2) is 5.84 Å². The van der Waals surface area contributed by atoms with E-state index in [1.54, 1.807) is 19.1 Å². The maximum atomic E-state index is 13.0. The van der Waals surface area contributed by atoms with E-state index in [1.807, 2.05) is 0 Å². The minimum absolute atomic E-state index is 0.0204. The minimum atomic E-state index is -0.880. The summed E-state index contributed by atoms with van der Waals surface area (Å²) in [5.41, 5.74) is 4.99. The molecule has 0 unspecified atom stereocenters. The molecule has 7 nitrogen and oxygen atoms in total. The molecule has 0 heterocycles. The van der Waals surface area contributed by atoms with Crippen molar-refractivity contribution in [1.29, 1.82) is 0 Å². The molecule has 0 aromatic heterocycles. The third-order valence-electron chi connectivity index (χ3n) is 4.13. The Kier molecular flexibility index (Phi) is 7.45. The molecule has 3 N–H and O–H groups in total. The molecular weight excluding hydrogens is 274 g/mol. The highest BCUT2D eigenvalue weighted by molar-refractivity contribution is 6.06. The average molecular weight is 301 g/mol. The number of carbonyl (C=O) groups excluding carboxylic acids is 1. The van der Waals surface area contributed by atoms with Crippen LogP contribution in [0.25, 0.3) is 0 Å². The number of carbonyl (C=O) groups is 1. The van der Waals surface area contributed by atoms with E-state index < -0.39 is 5.41 Å². The first-order valence-electron chi connectivity index (χ1n) is 7.37. The molecule has 7 heteroatoms. The zero-order valence-electron chi connectivity index (χ0n) is 13.0. The van der Waals surface area contributed by atoms with Gasteiger partial charge in [-0.05, 0) is 12.8 Å². The number of oxime groups is 1. The fraction of sp³-hybridized carbons (Fsp3) is 0.857. The van der Waals surface area contributed by atoms with Crippen molar-refractivity contribution in [2.45, 2.75) is 32.1 Å². The number of ether oxygens (including phenoxy) is 2. The number of rotatable bonds is 8. The van der Waals surface area contributed by atoms with Gasteiger partial charge in [0.25, 0.3) is 0 Å². The van der Waals surface area contributed by atoms with Gasteiger partial charge in [-0.15, -0.1) is 0 Å². The van der Waals surface area contributed by atoms with Gasteiger partial charge in [-0.1, -0.05) is 24.4 Å². The van der Waals surface area contributed by atoms with Crippen LogP contribution in [0.2, 0.25) is 0 Å². The lowest BCUT2D eigenvalue weighted by Gasteiger charge is -2.38. The van der Waals surface area contributed by atoms with Crippen molar-refractivity contribution >= 4 is 11.7 Å². The predicted octanol–water partition coefficient (Wildman–Crippen LogP) is 0.805. The van der Waals surface area contributed by atoms with E-state index in [2.05, 4.69) is 5.16 Å². The van der Waals surface area contributed by atoms with E-state index in [9.17, 15) is 4.79 Å². The second kappa shape index (κ2) is 8.84. The van der Waals surface area contributed by atoms with Gasteiger partial charge in [-0.2, -0.15) is 0 Å². The van der Waals surface area contributed by atoms with Crippen molar-refractivity contribution in [2.75, 3.05) is 40.5 Å². The summed E-state index contributed by atoms with van der Waals surface area (Å²) in [6.07, 6.45) is 4.13. The van der Waals surface area contributed by atoms with Crippen LogP contribution in [0.5, 0.6) is 0 Å². The molecule has 21 heavy (non-hydrogen) atoms. The maximum Gasteiger partial charge on any atom is 0.236 e. The lowest BCUT2D eigenvalue weighted by atomic mass is 9.72. The van der Waals surface area contributed by atoms with Gasteiger partial charge in [-0.3, -0.25) is 4.79 Å². The van der Waals surface area contributed by atoms with Crippen LogP contribution in [0.4, 0.5) is 0 Å². The SMILES string of the molecule is COCCN(CCOC)C(=O)C1(C(N)=NO)CCCCC1. The van der Waals surface area contributed by atoms with E-state index in [4.69, 9.17) is 20.4 Å². The summed E-state index contributed by atoms with van der Waals surface area (Å²) in [7, 11) is 3.19. The van der Waals surface area contributed by atoms with Crippen LogP contribution in [0, 0.1) is 5.41 Å². The molecule has 0 spiro atoms. The van der Waals surface area contributed by atoms with Gasteiger partial charge >= 0.3 is 0 Å². The second-order valence-electron chi connectivity index (χ2n) is 5.41. The molecule has 1 aliphatic carbocycles. The summed E-state index contributed by atoms with van der Waals surface area (Å²) in [5.74, 6) is -0.0707. The lowest BCUT2D eigenvalue weighted by molar-refractivity contribution is -0.141. The Morgan fingerprint density at radius 3 is 2.14 bits per heavy atom. The van der Waals surface area contributed by atoms with Gasteiger partial charge in [-0.25, -0.2) is 0 Å². The van der Waals surface area contributed by atoms with Crippen molar-refractivity contribution in [3.63, 3.8) is 0 Å². The molecule has 1 rings (SSSR count). The number of nitrogens with zero attached hydrogens (tertiary/aromatic N) is 2. The molecule has 1 saturated carbocycles. The van der Waals surface area contributed by atoms with Crippen LogP contribution in [0.1, 0.15) is 32.1 Å². The molecule has 1 fully saturated rings. The number of methoxy groups -OCH3 is 2. The van der Waals surface area contributed by atoms with Crippen LogP contribution in [-0.2, 0) is 14.3 Å².